The van der Waals surface area contributed by atoms with Gasteiger partial charge in [-0.05, 0) is 73.9 Å². The molecule has 0 saturated heterocycles. The van der Waals surface area contributed by atoms with Crippen molar-refractivity contribution in [1.29, 1.82) is 0 Å². The molecule has 9 heteroatoms. The van der Waals surface area contributed by atoms with Crippen molar-refractivity contribution in [1.82, 2.24) is 19.9 Å². The Morgan fingerprint density at radius 1 is 0.886 bits per heavy atom. The first-order valence-corrected chi connectivity index (χ1v) is 11.3. The Morgan fingerprint density at radius 2 is 1.83 bits per heavy atom. The summed E-state index contributed by atoms with van der Waals surface area (Å²) in [6.07, 6.45) is 5.00. The SMILES string of the molecule is Cc1cc(Oc2ccnc(Nc3cccc(CCC4=NN=NC4)n3)c2)c(-c2ccccn2)nc1C. The summed E-state index contributed by atoms with van der Waals surface area (Å²) in [6, 6.07) is 17.2. The molecule has 0 aliphatic carbocycles. The Hall–Kier alpha value is -4.53. The van der Waals surface area contributed by atoms with Crippen molar-refractivity contribution < 1.29 is 4.74 Å². The van der Waals surface area contributed by atoms with Gasteiger partial charge in [0.15, 0.2) is 5.75 Å². The molecule has 174 valence electrons. The zero-order valence-corrected chi connectivity index (χ0v) is 19.5. The molecule has 0 spiro atoms. The van der Waals surface area contributed by atoms with E-state index in [0.717, 1.165) is 41.2 Å². The number of hydrogen-bond donors (Lipinski definition) is 1. The molecule has 0 amide bonds. The number of anilines is 2. The Balaban J connectivity index is 1.33. The topological polar surface area (TPSA) is 110 Å². The standard InChI is InChI=1S/C26H24N8O/c1-17-14-23(26(30-18(17)2)22-7-3-4-12-27-22)35-21-11-13-28-25(15-21)32-24-8-5-6-19(31-24)9-10-20-16-29-34-33-20/h3-8,11-15H,9-10,16H2,1-2H3,(H,28,31,32). The predicted molar refractivity (Wildman–Crippen MR) is 134 cm³/mol. The number of aromatic nitrogens is 4. The zero-order chi connectivity index (χ0) is 24.0. The molecule has 0 saturated carbocycles. The Morgan fingerprint density at radius 3 is 2.66 bits per heavy atom. The monoisotopic (exact) mass is 464 g/mol. The zero-order valence-electron chi connectivity index (χ0n) is 19.5. The van der Waals surface area contributed by atoms with E-state index in [0.29, 0.717) is 35.4 Å². The molecule has 1 aliphatic heterocycles. The van der Waals surface area contributed by atoms with Gasteiger partial charge in [-0.15, -0.1) is 5.10 Å². The maximum Gasteiger partial charge on any atom is 0.155 e. The predicted octanol–water partition coefficient (Wildman–Crippen LogP) is 5.84. The molecule has 1 N–H and O–H groups in total. The van der Waals surface area contributed by atoms with Crippen molar-refractivity contribution in [3.05, 3.63) is 83.9 Å². The molecule has 5 rings (SSSR count). The molecule has 5 heterocycles. The Kier molecular flexibility index (Phi) is 6.47. The summed E-state index contributed by atoms with van der Waals surface area (Å²) in [5.41, 5.74) is 5.36. The average Bonchev–Trinajstić information content (AvgIpc) is 3.40. The van der Waals surface area contributed by atoms with Crippen molar-refractivity contribution in [2.24, 2.45) is 15.4 Å². The lowest BCUT2D eigenvalue weighted by Gasteiger charge is -2.13. The number of hydrogen-bond acceptors (Lipinski definition) is 9. The minimum Gasteiger partial charge on any atom is -0.455 e. The molecule has 1 aliphatic rings. The fraction of sp³-hybridized carbons (Fsp3) is 0.192. The first-order valence-electron chi connectivity index (χ1n) is 11.3. The van der Waals surface area contributed by atoms with Crippen LogP contribution in [0.4, 0.5) is 11.6 Å². The number of aryl methyl sites for hydroxylation is 3. The van der Waals surface area contributed by atoms with Crippen LogP contribution < -0.4 is 10.1 Å². The molecule has 35 heavy (non-hydrogen) atoms. The molecule has 4 aromatic heterocycles. The first-order chi connectivity index (χ1) is 17.1. The summed E-state index contributed by atoms with van der Waals surface area (Å²) in [5.74, 6) is 2.60. The van der Waals surface area contributed by atoms with Gasteiger partial charge in [-0.25, -0.2) is 15.0 Å². The van der Waals surface area contributed by atoms with E-state index < -0.39 is 0 Å². The van der Waals surface area contributed by atoms with Crippen LogP contribution in [-0.2, 0) is 6.42 Å². The lowest BCUT2D eigenvalue weighted by molar-refractivity contribution is 0.481. The third kappa shape index (κ3) is 5.52. The van der Waals surface area contributed by atoms with E-state index in [1.165, 1.54) is 0 Å². The van der Waals surface area contributed by atoms with Crippen LogP contribution in [0.5, 0.6) is 11.5 Å². The molecule has 0 fully saturated rings. The molecule has 0 radical (unpaired) electrons. The van der Waals surface area contributed by atoms with Crippen LogP contribution in [0.1, 0.15) is 23.4 Å². The van der Waals surface area contributed by atoms with Gasteiger partial charge in [0, 0.05) is 29.8 Å². The first kappa shape index (κ1) is 22.3. The second kappa shape index (κ2) is 10.2. The highest BCUT2D eigenvalue weighted by Gasteiger charge is 2.14. The second-order valence-electron chi connectivity index (χ2n) is 8.13. The highest BCUT2D eigenvalue weighted by atomic mass is 16.5. The van der Waals surface area contributed by atoms with E-state index in [2.05, 4.69) is 30.7 Å². The van der Waals surface area contributed by atoms with Gasteiger partial charge in [-0.2, -0.15) is 5.11 Å². The van der Waals surface area contributed by atoms with Gasteiger partial charge in [0.2, 0.25) is 0 Å². The summed E-state index contributed by atoms with van der Waals surface area (Å²) >= 11 is 0. The van der Waals surface area contributed by atoms with Crippen LogP contribution in [-0.4, -0.2) is 32.2 Å². The largest absolute Gasteiger partial charge is 0.455 e. The lowest BCUT2D eigenvalue weighted by atomic mass is 10.1. The van der Waals surface area contributed by atoms with Crippen molar-refractivity contribution >= 4 is 17.3 Å². The van der Waals surface area contributed by atoms with Gasteiger partial charge >= 0.3 is 0 Å². The normalized spacial score (nSPS) is 12.5. The van der Waals surface area contributed by atoms with Crippen LogP contribution in [0.2, 0.25) is 0 Å². The van der Waals surface area contributed by atoms with Gasteiger partial charge in [0.05, 0.1) is 11.4 Å². The third-order valence-electron chi connectivity index (χ3n) is 5.53. The minimum absolute atomic E-state index is 0.576. The molecule has 0 bridgehead atoms. The van der Waals surface area contributed by atoms with E-state index in [1.807, 2.05) is 68.4 Å². The molecule has 9 nitrogen and oxygen atoms in total. The molecule has 0 aromatic carbocycles. The Labute approximate surface area is 203 Å². The third-order valence-corrected chi connectivity index (χ3v) is 5.53. The maximum atomic E-state index is 6.26. The number of nitrogens with one attached hydrogen (secondary N) is 1. The summed E-state index contributed by atoms with van der Waals surface area (Å²) in [4.78, 5) is 18.3. The number of nitrogens with zero attached hydrogens (tertiary/aromatic N) is 7. The molecule has 4 aromatic rings. The van der Waals surface area contributed by atoms with Crippen molar-refractivity contribution in [3.63, 3.8) is 0 Å². The van der Waals surface area contributed by atoms with Gasteiger partial charge in [-0.3, -0.25) is 4.98 Å². The molecule has 0 atom stereocenters. The quantitative estimate of drug-likeness (QED) is 0.351. The fourth-order valence-electron chi connectivity index (χ4n) is 3.58. The van der Waals surface area contributed by atoms with E-state index in [4.69, 9.17) is 14.7 Å². The molecule has 0 unspecified atom stereocenters. The van der Waals surface area contributed by atoms with E-state index in [-0.39, 0.29) is 0 Å². The van der Waals surface area contributed by atoms with Crippen molar-refractivity contribution in [3.8, 4) is 22.9 Å². The second-order valence-corrected chi connectivity index (χ2v) is 8.13. The van der Waals surface area contributed by atoms with E-state index in [1.54, 1.807) is 12.4 Å². The fourth-order valence-corrected chi connectivity index (χ4v) is 3.58. The van der Waals surface area contributed by atoms with Crippen molar-refractivity contribution in [2.75, 3.05) is 11.9 Å². The van der Waals surface area contributed by atoms with Crippen LogP contribution >= 0.6 is 0 Å². The average molecular weight is 465 g/mol. The van der Waals surface area contributed by atoms with Gasteiger partial charge in [0.25, 0.3) is 0 Å². The van der Waals surface area contributed by atoms with Crippen molar-refractivity contribution in [2.45, 2.75) is 26.7 Å². The Bertz CT molecular complexity index is 1400. The van der Waals surface area contributed by atoms with Crippen LogP contribution in [0.25, 0.3) is 11.4 Å². The van der Waals surface area contributed by atoms with E-state index >= 15 is 0 Å². The number of ether oxygens (including phenoxy) is 1. The summed E-state index contributed by atoms with van der Waals surface area (Å²) in [5, 5.41) is 14.8. The summed E-state index contributed by atoms with van der Waals surface area (Å²) in [7, 11) is 0. The molecular weight excluding hydrogens is 440 g/mol. The highest BCUT2D eigenvalue weighted by Crippen LogP contribution is 2.33. The van der Waals surface area contributed by atoms with Gasteiger partial charge < -0.3 is 10.1 Å². The summed E-state index contributed by atoms with van der Waals surface area (Å²) < 4.78 is 6.26. The lowest BCUT2D eigenvalue weighted by Crippen LogP contribution is -2.04. The minimum atomic E-state index is 0.576. The van der Waals surface area contributed by atoms with Crippen LogP contribution in [0.15, 0.2) is 82.4 Å². The number of pyridine rings is 4. The van der Waals surface area contributed by atoms with Gasteiger partial charge in [0.1, 0.15) is 29.6 Å². The smallest absolute Gasteiger partial charge is 0.155 e. The van der Waals surface area contributed by atoms with E-state index in [9.17, 15) is 0 Å². The summed E-state index contributed by atoms with van der Waals surface area (Å²) in [6.45, 7) is 4.57. The van der Waals surface area contributed by atoms with Crippen LogP contribution in [0, 0.1) is 13.8 Å². The molecular formula is C26H24N8O. The highest BCUT2D eigenvalue weighted by molar-refractivity contribution is 5.87. The van der Waals surface area contributed by atoms with Crippen LogP contribution in [0.3, 0.4) is 0 Å². The van der Waals surface area contributed by atoms with Gasteiger partial charge in [-0.1, -0.05) is 12.1 Å². The maximum absolute atomic E-state index is 6.26. The number of rotatable bonds is 8.